The molecule has 0 aliphatic carbocycles. The van der Waals surface area contributed by atoms with E-state index >= 15 is 0 Å². The smallest absolute Gasteiger partial charge is 0.229 e. The van der Waals surface area contributed by atoms with Gasteiger partial charge in [0.05, 0.1) is 17.8 Å². The van der Waals surface area contributed by atoms with Crippen LogP contribution in [0.3, 0.4) is 0 Å². The van der Waals surface area contributed by atoms with E-state index in [-0.39, 0.29) is 36.6 Å². The van der Waals surface area contributed by atoms with Gasteiger partial charge in [0.25, 0.3) is 0 Å². The lowest BCUT2D eigenvalue weighted by atomic mass is 10.0. The Morgan fingerprint density at radius 3 is 2.46 bits per heavy atom. The van der Waals surface area contributed by atoms with E-state index in [9.17, 15) is 9.59 Å². The van der Waals surface area contributed by atoms with Crippen molar-refractivity contribution in [2.24, 2.45) is 5.92 Å². The third-order valence-electron chi connectivity index (χ3n) is 4.46. The van der Waals surface area contributed by atoms with E-state index < -0.39 is 0 Å². The Labute approximate surface area is 159 Å². The lowest BCUT2D eigenvalue weighted by Gasteiger charge is -2.22. The zero-order chi connectivity index (χ0) is 18.1. The maximum absolute atomic E-state index is 12.5. The summed E-state index contributed by atoms with van der Waals surface area (Å²) in [6.07, 6.45) is 1.72. The van der Waals surface area contributed by atoms with Crippen LogP contribution in [-0.4, -0.2) is 23.3 Å². The highest BCUT2D eigenvalue weighted by Gasteiger charge is 2.36. The summed E-state index contributed by atoms with van der Waals surface area (Å²) in [5.41, 5.74) is 10.3. The van der Waals surface area contributed by atoms with Gasteiger partial charge in [-0.05, 0) is 44.0 Å². The van der Waals surface area contributed by atoms with Crippen LogP contribution in [0, 0.1) is 26.7 Å². The minimum atomic E-state index is -0.384. The van der Waals surface area contributed by atoms with Crippen LogP contribution >= 0.6 is 12.4 Å². The van der Waals surface area contributed by atoms with Gasteiger partial charge >= 0.3 is 0 Å². The van der Waals surface area contributed by atoms with E-state index in [1.807, 2.05) is 20.8 Å². The number of nitrogens with zero attached hydrogens (tertiary/aromatic N) is 2. The average molecular weight is 375 g/mol. The highest BCUT2D eigenvalue weighted by atomic mass is 35.5. The molecule has 1 aliphatic rings. The monoisotopic (exact) mass is 374 g/mol. The van der Waals surface area contributed by atoms with Crippen molar-refractivity contribution in [1.82, 2.24) is 4.98 Å². The third kappa shape index (κ3) is 3.96. The first-order chi connectivity index (χ1) is 11.8. The Hall–Kier alpha value is -2.60. The summed E-state index contributed by atoms with van der Waals surface area (Å²) >= 11 is 0. The highest BCUT2D eigenvalue weighted by Crippen LogP contribution is 2.32. The van der Waals surface area contributed by atoms with Gasteiger partial charge in [-0.25, -0.2) is 4.98 Å². The largest absolute Gasteiger partial charge is 0.384 e. The Kier molecular flexibility index (Phi) is 5.87. The molecule has 1 aliphatic heterocycles. The fourth-order valence-corrected chi connectivity index (χ4v) is 3.42. The van der Waals surface area contributed by atoms with Crippen LogP contribution in [0.1, 0.15) is 23.1 Å². The Bertz CT molecular complexity index is 813. The Balaban J connectivity index is 0.00000243. The van der Waals surface area contributed by atoms with Crippen molar-refractivity contribution in [3.05, 3.63) is 47.2 Å². The fourth-order valence-electron chi connectivity index (χ4n) is 3.42. The lowest BCUT2D eigenvalue weighted by Crippen LogP contribution is -2.29. The molecule has 1 aromatic carbocycles. The third-order valence-corrected chi connectivity index (χ3v) is 4.46. The van der Waals surface area contributed by atoms with Crippen LogP contribution < -0.4 is 16.0 Å². The molecule has 1 saturated heterocycles. The van der Waals surface area contributed by atoms with E-state index in [4.69, 9.17) is 5.73 Å². The van der Waals surface area contributed by atoms with Gasteiger partial charge in [0.1, 0.15) is 5.82 Å². The van der Waals surface area contributed by atoms with Gasteiger partial charge in [-0.15, -0.1) is 12.4 Å². The quantitative estimate of drug-likeness (QED) is 0.864. The van der Waals surface area contributed by atoms with E-state index in [1.165, 1.54) is 6.20 Å². The number of hydrogen-bond acceptors (Lipinski definition) is 4. The van der Waals surface area contributed by atoms with Crippen LogP contribution in [0.5, 0.6) is 0 Å². The second-order valence-corrected chi connectivity index (χ2v) is 6.61. The molecule has 3 N–H and O–H groups in total. The van der Waals surface area contributed by atoms with Crippen LogP contribution in [0.2, 0.25) is 0 Å². The van der Waals surface area contributed by atoms with Crippen molar-refractivity contribution in [3.8, 4) is 0 Å². The van der Waals surface area contributed by atoms with Gasteiger partial charge in [0, 0.05) is 18.7 Å². The summed E-state index contributed by atoms with van der Waals surface area (Å²) < 4.78 is 0. The summed E-state index contributed by atoms with van der Waals surface area (Å²) in [4.78, 5) is 30.7. The first-order valence-electron chi connectivity index (χ1n) is 8.25. The van der Waals surface area contributed by atoms with Crippen molar-refractivity contribution in [3.63, 3.8) is 0 Å². The maximum atomic E-state index is 12.5. The van der Waals surface area contributed by atoms with E-state index in [0.29, 0.717) is 18.1 Å². The number of rotatable bonds is 3. The number of aromatic nitrogens is 1. The van der Waals surface area contributed by atoms with E-state index in [1.54, 1.807) is 17.0 Å². The van der Waals surface area contributed by atoms with Crippen molar-refractivity contribution < 1.29 is 9.59 Å². The van der Waals surface area contributed by atoms with Crippen LogP contribution in [0.15, 0.2) is 30.5 Å². The topological polar surface area (TPSA) is 88.3 Å². The summed E-state index contributed by atoms with van der Waals surface area (Å²) in [6.45, 7) is 6.41. The SMILES string of the molecule is Cc1cc(C)c(N2CC(C(=O)Nc3ccc(N)nc3)CC2=O)c(C)c1.Cl. The van der Waals surface area contributed by atoms with Crippen molar-refractivity contribution in [1.29, 1.82) is 0 Å². The fraction of sp³-hybridized carbons (Fsp3) is 0.316. The second-order valence-electron chi connectivity index (χ2n) is 6.61. The predicted molar refractivity (Wildman–Crippen MR) is 106 cm³/mol. The Morgan fingerprint density at radius 1 is 1.23 bits per heavy atom. The van der Waals surface area contributed by atoms with Crippen molar-refractivity contribution in [2.75, 3.05) is 22.5 Å². The van der Waals surface area contributed by atoms with Crippen LogP contribution in [-0.2, 0) is 9.59 Å². The molecule has 7 heteroatoms. The van der Waals surface area contributed by atoms with Crippen LogP contribution in [0.25, 0.3) is 0 Å². The molecule has 138 valence electrons. The molecule has 0 saturated carbocycles. The number of anilines is 3. The number of aryl methyl sites for hydroxylation is 3. The molecule has 0 radical (unpaired) electrons. The number of halogens is 1. The molecule has 6 nitrogen and oxygen atoms in total. The number of hydrogen-bond donors (Lipinski definition) is 2. The normalized spacial score (nSPS) is 16.3. The van der Waals surface area contributed by atoms with Gasteiger partial charge < -0.3 is 16.0 Å². The molecule has 26 heavy (non-hydrogen) atoms. The number of carbonyl (C=O) groups is 2. The molecule has 0 bridgehead atoms. The number of amides is 2. The summed E-state index contributed by atoms with van der Waals surface area (Å²) in [5, 5.41) is 2.81. The average Bonchev–Trinajstić information content (AvgIpc) is 2.90. The maximum Gasteiger partial charge on any atom is 0.229 e. The lowest BCUT2D eigenvalue weighted by molar-refractivity contribution is -0.122. The molecule has 1 fully saturated rings. The number of nitrogens with two attached hydrogens (primary N) is 1. The van der Waals surface area contributed by atoms with Gasteiger partial charge in [-0.1, -0.05) is 17.7 Å². The van der Waals surface area contributed by atoms with Crippen molar-refractivity contribution in [2.45, 2.75) is 27.2 Å². The van der Waals surface area contributed by atoms with Gasteiger partial charge in [0.15, 0.2) is 0 Å². The van der Waals surface area contributed by atoms with Gasteiger partial charge in [0.2, 0.25) is 11.8 Å². The number of nitrogen functional groups attached to an aromatic ring is 1. The molecular weight excluding hydrogens is 352 g/mol. The molecule has 3 rings (SSSR count). The standard InChI is InChI=1S/C19H22N4O2.ClH/c1-11-6-12(2)18(13(3)7-11)23-10-14(8-17(23)24)19(25)22-15-4-5-16(20)21-9-15;/h4-7,9,14H,8,10H2,1-3H3,(H2,20,21)(H,22,25);1H. The minimum Gasteiger partial charge on any atom is -0.384 e. The zero-order valence-electron chi connectivity index (χ0n) is 15.1. The number of carbonyl (C=O) groups excluding carboxylic acids is 2. The number of benzene rings is 1. The highest BCUT2D eigenvalue weighted by molar-refractivity contribution is 6.04. The van der Waals surface area contributed by atoms with Gasteiger partial charge in [-0.3, -0.25) is 9.59 Å². The molecule has 2 heterocycles. The molecule has 0 spiro atoms. The molecule has 1 aromatic heterocycles. The van der Waals surface area contributed by atoms with E-state index in [2.05, 4.69) is 22.4 Å². The van der Waals surface area contributed by atoms with Crippen molar-refractivity contribution >= 4 is 41.4 Å². The second kappa shape index (κ2) is 7.74. The predicted octanol–water partition coefficient (Wildman–Crippen LogP) is 3.00. The summed E-state index contributed by atoms with van der Waals surface area (Å²) in [6, 6.07) is 7.44. The number of nitrogens with one attached hydrogen (secondary N) is 1. The first-order valence-corrected chi connectivity index (χ1v) is 8.25. The molecule has 2 amide bonds. The first kappa shape index (κ1) is 19.7. The molecule has 2 aromatic rings. The van der Waals surface area contributed by atoms with Crippen LogP contribution in [0.4, 0.5) is 17.2 Å². The molecular formula is C19H23ClN4O2. The number of pyridine rings is 1. The molecule has 1 atom stereocenters. The van der Waals surface area contributed by atoms with E-state index in [0.717, 1.165) is 22.4 Å². The Morgan fingerprint density at radius 2 is 1.88 bits per heavy atom. The molecule has 1 unspecified atom stereocenters. The van der Waals surface area contributed by atoms with Gasteiger partial charge in [-0.2, -0.15) is 0 Å². The zero-order valence-corrected chi connectivity index (χ0v) is 15.9. The minimum absolute atomic E-state index is 0. The summed E-state index contributed by atoms with van der Waals surface area (Å²) in [7, 11) is 0. The summed E-state index contributed by atoms with van der Waals surface area (Å²) in [5.74, 6) is -0.189.